The smallest absolute Gasteiger partial charge is 0.141 e. The standard InChI is InChI=1S/C15H18N6/c1-11(15-18-10-19-20-15)16-8-14-9-17-12(2)21(14)13-6-4-3-5-7-13/h3-7,9-11,16H,8H2,1-2H3,(H,18,19,20). The molecule has 1 unspecified atom stereocenters. The molecular formula is C15H18N6. The van der Waals surface area contributed by atoms with E-state index in [1.165, 1.54) is 6.33 Å². The van der Waals surface area contributed by atoms with E-state index in [0.717, 1.165) is 23.0 Å². The lowest BCUT2D eigenvalue weighted by atomic mass is 10.3. The number of hydrogen-bond acceptors (Lipinski definition) is 4. The molecule has 0 amide bonds. The number of aryl methyl sites for hydroxylation is 1. The van der Waals surface area contributed by atoms with Gasteiger partial charge in [0.25, 0.3) is 0 Å². The average Bonchev–Trinajstić information content (AvgIpc) is 3.15. The molecule has 0 aliphatic carbocycles. The van der Waals surface area contributed by atoms with Crippen LogP contribution in [0.5, 0.6) is 0 Å². The number of nitrogens with one attached hydrogen (secondary N) is 2. The van der Waals surface area contributed by atoms with Crippen molar-refractivity contribution in [2.75, 3.05) is 0 Å². The summed E-state index contributed by atoms with van der Waals surface area (Å²) in [7, 11) is 0. The molecule has 0 radical (unpaired) electrons. The first-order valence-electron chi connectivity index (χ1n) is 6.93. The van der Waals surface area contributed by atoms with E-state index >= 15 is 0 Å². The van der Waals surface area contributed by atoms with Crippen molar-refractivity contribution in [3.63, 3.8) is 0 Å². The summed E-state index contributed by atoms with van der Waals surface area (Å²) < 4.78 is 2.15. The third-order valence-corrected chi connectivity index (χ3v) is 3.46. The second-order valence-electron chi connectivity index (χ2n) is 4.94. The third-order valence-electron chi connectivity index (χ3n) is 3.46. The van der Waals surface area contributed by atoms with E-state index < -0.39 is 0 Å². The second-order valence-corrected chi connectivity index (χ2v) is 4.94. The van der Waals surface area contributed by atoms with Gasteiger partial charge in [-0.15, -0.1) is 0 Å². The van der Waals surface area contributed by atoms with Crippen molar-refractivity contribution in [3.05, 3.63) is 60.2 Å². The summed E-state index contributed by atoms with van der Waals surface area (Å²) in [5.74, 6) is 1.81. The lowest BCUT2D eigenvalue weighted by Gasteiger charge is -2.14. The Labute approximate surface area is 123 Å². The van der Waals surface area contributed by atoms with Crippen molar-refractivity contribution >= 4 is 0 Å². The van der Waals surface area contributed by atoms with Crippen LogP contribution in [0.15, 0.2) is 42.9 Å². The van der Waals surface area contributed by atoms with Crippen molar-refractivity contribution in [2.24, 2.45) is 0 Å². The average molecular weight is 282 g/mol. The van der Waals surface area contributed by atoms with Gasteiger partial charge in [-0.1, -0.05) is 18.2 Å². The predicted octanol–water partition coefficient (Wildman–Crippen LogP) is 2.15. The Balaban J connectivity index is 1.78. The number of nitrogens with zero attached hydrogens (tertiary/aromatic N) is 4. The molecule has 0 saturated carbocycles. The van der Waals surface area contributed by atoms with Gasteiger partial charge in [0.15, 0.2) is 0 Å². The normalized spacial score (nSPS) is 12.5. The largest absolute Gasteiger partial charge is 0.302 e. The molecule has 6 heteroatoms. The van der Waals surface area contributed by atoms with Crippen LogP contribution in [-0.4, -0.2) is 24.7 Å². The monoisotopic (exact) mass is 282 g/mol. The van der Waals surface area contributed by atoms with Crippen molar-refractivity contribution in [3.8, 4) is 5.69 Å². The van der Waals surface area contributed by atoms with Crippen molar-refractivity contribution < 1.29 is 0 Å². The number of H-pyrrole nitrogens is 1. The van der Waals surface area contributed by atoms with Gasteiger partial charge in [-0.3, -0.25) is 9.67 Å². The van der Waals surface area contributed by atoms with Gasteiger partial charge in [-0.2, -0.15) is 5.10 Å². The number of aromatic amines is 1. The molecule has 3 aromatic rings. The summed E-state index contributed by atoms with van der Waals surface area (Å²) in [6, 6.07) is 10.3. The van der Waals surface area contributed by atoms with Crippen LogP contribution in [0.25, 0.3) is 5.69 Å². The highest BCUT2D eigenvalue weighted by molar-refractivity contribution is 5.35. The number of aromatic nitrogens is 5. The number of benzene rings is 1. The molecule has 2 aromatic heterocycles. The van der Waals surface area contributed by atoms with E-state index in [9.17, 15) is 0 Å². The van der Waals surface area contributed by atoms with Gasteiger partial charge >= 0.3 is 0 Å². The fourth-order valence-corrected chi connectivity index (χ4v) is 2.32. The Kier molecular flexibility index (Phi) is 3.79. The van der Waals surface area contributed by atoms with Gasteiger partial charge in [-0.25, -0.2) is 9.97 Å². The molecule has 108 valence electrons. The van der Waals surface area contributed by atoms with Gasteiger partial charge in [0.05, 0.1) is 17.9 Å². The molecule has 2 N–H and O–H groups in total. The van der Waals surface area contributed by atoms with Gasteiger partial charge in [0, 0.05) is 12.2 Å². The molecule has 21 heavy (non-hydrogen) atoms. The van der Waals surface area contributed by atoms with Crippen LogP contribution in [0.2, 0.25) is 0 Å². The molecule has 1 atom stereocenters. The maximum atomic E-state index is 4.42. The number of para-hydroxylation sites is 1. The quantitative estimate of drug-likeness (QED) is 0.752. The molecule has 0 spiro atoms. The van der Waals surface area contributed by atoms with Gasteiger partial charge in [0.2, 0.25) is 0 Å². The zero-order valence-electron chi connectivity index (χ0n) is 12.1. The lowest BCUT2D eigenvalue weighted by Crippen LogP contribution is -2.21. The number of rotatable bonds is 5. The summed E-state index contributed by atoms with van der Waals surface area (Å²) in [4.78, 5) is 8.58. The van der Waals surface area contributed by atoms with E-state index in [0.29, 0.717) is 6.54 Å². The Morgan fingerprint density at radius 3 is 2.76 bits per heavy atom. The lowest BCUT2D eigenvalue weighted by molar-refractivity contribution is 0.538. The summed E-state index contributed by atoms with van der Waals surface area (Å²) in [5.41, 5.74) is 2.24. The highest BCUT2D eigenvalue weighted by atomic mass is 15.2. The number of hydrogen-bond donors (Lipinski definition) is 2. The maximum absolute atomic E-state index is 4.42. The Bertz CT molecular complexity index is 686. The first-order chi connectivity index (χ1) is 10.3. The molecule has 3 rings (SSSR count). The van der Waals surface area contributed by atoms with E-state index in [-0.39, 0.29) is 6.04 Å². The van der Waals surface area contributed by atoms with Gasteiger partial charge in [-0.05, 0) is 26.0 Å². The fraction of sp³-hybridized carbons (Fsp3) is 0.267. The third kappa shape index (κ3) is 2.85. The summed E-state index contributed by atoms with van der Waals surface area (Å²) in [6.45, 7) is 4.77. The van der Waals surface area contributed by atoms with Crippen LogP contribution < -0.4 is 5.32 Å². The SMILES string of the molecule is Cc1ncc(CNC(C)c2ncn[nH]2)n1-c1ccccc1. The Morgan fingerprint density at radius 2 is 2.05 bits per heavy atom. The molecular weight excluding hydrogens is 264 g/mol. The Morgan fingerprint density at radius 1 is 1.24 bits per heavy atom. The van der Waals surface area contributed by atoms with Gasteiger partial charge < -0.3 is 5.32 Å². The van der Waals surface area contributed by atoms with E-state index in [2.05, 4.69) is 49.1 Å². The molecule has 6 nitrogen and oxygen atoms in total. The molecule has 1 aromatic carbocycles. The molecule has 0 aliphatic heterocycles. The van der Waals surface area contributed by atoms with Crippen LogP contribution in [-0.2, 0) is 6.54 Å². The zero-order chi connectivity index (χ0) is 14.7. The number of imidazole rings is 1. The maximum Gasteiger partial charge on any atom is 0.141 e. The molecule has 0 fully saturated rings. The van der Waals surface area contributed by atoms with Gasteiger partial charge in [0.1, 0.15) is 18.0 Å². The van der Waals surface area contributed by atoms with Crippen LogP contribution in [0.4, 0.5) is 0 Å². The molecule has 0 saturated heterocycles. The predicted molar refractivity (Wildman–Crippen MR) is 79.9 cm³/mol. The second kappa shape index (κ2) is 5.88. The van der Waals surface area contributed by atoms with E-state index in [1.54, 1.807) is 0 Å². The summed E-state index contributed by atoms with van der Waals surface area (Å²) in [6.07, 6.45) is 3.42. The van der Waals surface area contributed by atoms with E-state index in [1.807, 2.05) is 31.3 Å². The topological polar surface area (TPSA) is 71.4 Å². The molecule has 0 aliphatic rings. The zero-order valence-corrected chi connectivity index (χ0v) is 12.1. The van der Waals surface area contributed by atoms with Crippen LogP contribution >= 0.6 is 0 Å². The van der Waals surface area contributed by atoms with Crippen LogP contribution in [0, 0.1) is 6.92 Å². The van der Waals surface area contributed by atoms with Crippen molar-refractivity contribution in [1.29, 1.82) is 0 Å². The van der Waals surface area contributed by atoms with Crippen molar-refractivity contribution in [1.82, 2.24) is 30.0 Å². The highest BCUT2D eigenvalue weighted by Gasteiger charge is 2.12. The minimum Gasteiger partial charge on any atom is -0.302 e. The van der Waals surface area contributed by atoms with E-state index in [4.69, 9.17) is 0 Å². The fourth-order valence-electron chi connectivity index (χ4n) is 2.32. The molecule has 2 heterocycles. The highest BCUT2D eigenvalue weighted by Crippen LogP contribution is 2.15. The first kappa shape index (κ1) is 13.5. The van der Waals surface area contributed by atoms with Crippen molar-refractivity contribution in [2.45, 2.75) is 26.4 Å². The Hall–Kier alpha value is -2.47. The minimum atomic E-state index is 0.104. The van der Waals surface area contributed by atoms with Crippen LogP contribution in [0.3, 0.4) is 0 Å². The molecule has 0 bridgehead atoms. The minimum absolute atomic E-state index is 0.104. The first-order valence-corrected chi connectivity index (χ1v) is 6.93. The summed E-state index contributed by atoms with van der Waals surface area (Å²) in [5, 5.41) is 10.2. The summed E-state index contributed by atoms with van der Waals surface area (Å²) >= 11 is 0. The van der Waals surface area contributed by atoms with Crippen LogP contribution in [0.1, 0.15) is 30.3 Å².